The Bertz CT molecular complexity index is 446. The highest BCUT2D eigenvalue weighted by Gasteiger charge is 2.08. The van der Waals surface area contributed by atoms with E-state index >= 15 is 0 Å². The first-order chi connectivity index (χ1) is 7.65. The van der Waals surface area contributed by atoms with Crippen LogP contribution in [0.4, 0.5) is 0 Å². The second kappa shape index (κ2) is 5.07. The molecule has 0 saturated heterocycles. The van der Waals surface area contributed by atoms with Crippen LogP contribution in [0.15, 0.2) is 46.1 Å². The average Bonchev–Trinajstić information content (AvgIpc) is 2.25. The van der Waals surface area contributed by atoms with Crippen molar-refractivity contribution in [1.29, 1.82) is 0 Å². The standard InChI is InChI=1S/C13H13BrClN/c1-9-6-11(14)8-16-13(9)7-10-2-4-12(15)5-3-10/h2-6,16H,7-8H2,1H3. The summed E-state index contributed by atoms with van der Waals surface area (Å²) in [5.74, 6) is 0. The Kier molecular flexibility index (Phi) is 3.72. The van der Waals surface area contributed by atoms with Gasteiger partial charge in [-0.3, -0.25) is 0 Å². The van der Waals surface area contributed by atoms with Crippen LogP contribution in [0.5, 0.6) is 0 Å². The third-order valence-corrected chi connectivity index (χ3v) is 3.38. The van der Waals surface area contributed by atoms with Crippen molar-refractivity contribution < 1.29 is 0 Å². The summed E-state index contributed by atoms with van der Waals surface area (Å²) in [6.45, 7) is 3.00. The van der Waals surface area contributed by atoms with E-state index in [0.29, 0.717) is 0 Å². The molecule has 1 nitrogen and oxygen atoms in total. The quantitative estimate of drug-likeness (QED) is 0.869. The van der Waals surface area contributed by atoms with Crippen molar-refractivity contribution in [1.82, 2.24) is 5.32 Å². The number of hydrogen-bond acceptors (Lipinski definition) is 1. The molecule has 0 amide bonds. The van der Waals surface area contributed by atoms with Crippen molar-refractivity contribution >= 4 is 27.5 Å². The lowest BCUT2D eigenvalue weighted by Gasteiger charge is -2.18. The predicted molar refractivity (Wildman–Crippen MR) is 72.9 cm³/mol. The second-order valence-corrected chi connectivity index (χ2v) is 5.36. The summed E-state index contributed by atoms with van der Waals surface area (Å²) in [4.78, 5) is 0. The van der Waals surface area contributed by atoms with Crippen LogP contribution in [-0.4, -0.2) is 6.54 Å². The Hall–Kier alpha value is -0.730. The molecule has 1 aliphatic heterocycles. The predicted octanol–water partition coefficient (Wildman–Crippen LogP) is 4.04. The van der Waals surface area contributed by atoms with Gasteiger partial charge in [-0.25, -0.2) is 0 Å². The molecule has 0 saturated carbocycles. The zero-order chi connectivity index (χ0) is 11.5. The minimum Gasteiger partial charge on any atom is -0.383 e. The van der Waals surface area contributed by atoms with Crippen LogP contribution in [0.2, 0.25) is 5.02 Å². The van der Waals surface area contributed by atoms with Gasteiger partial charge in [-0.1, -0.05) is 39.7 Å². The highest BCUT2D eigenvalue weighted by molar-refractivity contribution is 9.11. The summed E-state index contributed by atoms with van der Waals surface area (Å²) in [6.07, 6.45) is 3.10. The van der Waals surface area contributed by atoms with Crippen molar-refractivity contribution in [3.05, 3.63) is 56.7 Å². The minimum absolute atomic E-state index is 0.786. The van der Waals surface area contributed by atoms with Crippen LogP contribution in [0.1, 0.15) is 12.5 Å². The van der Waals surface area contributed by atoms with E-state index in [0.717, 1.165) is 18.0 Å². The first-order valence-electron chi connectivity index (χ1n) is 5.19. The van der Waals surface area contributed by atoms with Crippen LogP contribution >= 0.6 is 27.5 Å². The summed E-state index contributed by atoms with van der Waals surface area (Å²) < 4.78 is 1.20. The summed E-state index contributed by atoms with van der Waals surface area (Å²) in [7, 11) is 0. The second-order valence-electron chi connectivity index (χ2n) is 3.91. The molecule has 1 aromatic rings. The van der Waals surface area contributed by atoms with Crippen LogP contribution in [0.3, 0.4) is 0 Å². The maximum atomic E-state index is 5.86. The molecule has 0 unspecified atom stereocenters. The van der Waals surface area contributed by atoms with Crippen LogP contribution in [-0.2, 0) is 6.42 Å². The third-order valence-electron chi connectivity index (χ3n) is 2.61. The molecule has 0 aliphatic carbocycles. The molecule has 1 N–H and O–H groups in total. The number of rotatable bonds is 2. The van der Waals surface area contributed by atoms with Gasteiger partial charge in [0, 0.05) is 28.2 Å². The van der Waals surface area contributed by atoms with Gasteiger partial charge in [-0.2, -0.15) is 0 Å². The van der Waals surface area contributed by atoms with Gasteiger partial charge in [-0.05, 0) is 36.3 Å². The van der Waals surface area contributed by atoms with E-state index < -0.39 is 0 Å². The monoisotopic (exact) mass is 297 g/mol. The van der Waals surface area contributed by atoms with Crippen molar-refractivity contribution in [2.24, 2.45) is 0 Å². The summed E-state index contributed by atoms with van der Waals surface area (Å²) in [5.41, 5.74) is 3.84. The molecule has 1 aliphatic rings. The molecule has 0 spiro atoms. The lowest BCUT2D eigenvalue weighted by Crippen LogP contribution is -2.21. The van der Waals surface area contributed by atoms with Gasteiger partial charge in [0.05, 0.1) is 0 Å². The number of halogens is 2. The van der Waals surface area contributed by atoms with Crippen molar-refractivity contribution in [2.45, 2.75) is 13.3 Å². The maximum absolute atomic E-state index is 5.86. The van der Waals surface area contributed by atoms with Gasteiger partial charge < -0.3 is 5.32 Å². The molecule has 0 aromatic heterocycles. The van der Waals surface area contributed by atoms with E-state index in [1.54, 1.807) is 0 Å². The Balaban J connectivity index is 2.16. The maximum Gasteiger partial charge on any atom is 0.0463 e. The SMILES string of the molecule is CC1=C(Cc2ccc(Cl)cc2)NCC(Br)=C1. The molecule has 0 atom stereocenters. The lowest BCUT2D eigenvalue weighted by atomic mass is 10.0. The smallest absolute Gasteiger partial charge is 0.0463 e. The van der Waals surface area contributed by atoms with E-state index in [1.165, 1.54) is 21.3 Å². The molecule has 1 heterocycles. The van der Waals surface area contributed by atoms with E-state index in [9.17, 15) is 0 Å². The molecule has 3 heteroatoms. The molecule has 2 rings (SSSR count). The Morgan fingerprint density at radius 1 is 1.31 bits per heavy atom. The van der Waals surface area contributed by atoms with Crippen LogP contribution < -0.4 is 5.32 Å². The summed E-state index contributed by atoms with van der Waals surface area (Å²) in [6, 6.07) is 8.00. The molecule has 0 radical (unpaired) electrons. The van der Waals surface area contributed by atoms with E-state index in [-0.39, 0.29) is 0 Å². The van der Waals surface area contributed by atoms with E-state index in [2.05, 4.69) is 46.4 Å². The van der Waals surface area contributed by atoms with Gasteiger partial charge in [0.25, 0.3) is 0 Å². The van der Waals surface area contributed by atoms with Crippen LogP contribution in [0.25, 0.3) is 0 Å². The molecule has 0 bridgehead atoms. The van der Waals surface area contributed by atoms with Gasteiger partial charge in [0.2, 0.25) is 0 Å². The van der Waals surface area contributed by atoms with Gasteiger partial charge in [-0.15, -0.1) is 0 Å². The van der Waals surface area contributed by atoms with Gasteiger partial charge in [0.15, 0.2) is 0 Å². The minimum atomic E-state index is 0.786. The van der Waals surface area contributed by atoms with Crippen molar-refractivity contribution in [2.75, 3.05) is 6.54 Å². The molecular weight excluding hydrogens is 286 g/mol. The van der Waals surface area contributed by atoms with Gasteiger partial charge in [0.1, 0.15) is 0 Å². The zero-order valence-electron chi connectivity index (χ0n) is 9.06. The number of benzene rings is 1. The molecule has 1 aromatic carbocycles. The highest BCUT2D eigenvalue weighted by Crippen LogP contribution is 2.20. The summed E-state index contributed by atoms with van der Waals surface area (Å²) >= 11 is 9.36. The zero-order valence-corrected chi connectivity index (χ0v) is 11.4. The Morgan fingerprint density at radius 3 is 2.62 bits per heavy atom. The lowest BCUT2D eigenvalue weighted by molar-refractivity contribution is 0.823. The fourth-order valence-corrected chi connectivity index (χ4v) is 2.32. The largest absolute Gasteiger partial charge is 0.383 e. The fourth-order valence-electron chi connectivity index (χ4n) is 1.71. The molecular formula is C13H13BrClN. The number of nitrogens with one attached hydrogen (secondary N) is 1. The van der Waals surface area contributed by atoms with E-state index in [4.69, 9.17) is 11.6 Å². The van der Waals surface area contributed by atoms with Crippen molar-refractivity contribution in [3.8, 4) is 0 Å². The van der Waals surface area contributed by atoms with E-state index in [1.807, 2.05) is 12.1 Å². The van der Waals surface area contributed by atoms with Gasteiger partial charge >= 0.3 is 0 Å². The fraction of sp³-hybridized carbons (Fsp3) is 0.231. The summed E-state index contributed by atoms with van der Waals surface area (Å²) in [5, 5.41) is 4.20. The topological polar surface area (TPSA) is 12.0 Å². The Labute approximate surface area is 109 Å². The molecule has 0 fully saturated rings. The third kappa shape index (κ3) is 2.89. The first-order valence-corrected chi connectivity index (χ1v) is 6.36. The number of allylic oxidation sites excluding steroid dienone is 3. The normalized spacial score (nSPS) is 15.8. The van der Waals surface area contributed by atoms with Crippen LogP contribution in [0, 0.1) is 0 Å². The first kappa shape index (κ1) is 11.7. The van der Waals surface area contributed by atoms with Crippen molar-refractivity contribution in [3.63, 3.8) is 0 Å². The average molecular weight is 299 g/mol. The Morgan fingerprint density at radius 2 is 2.00 bits per heavy atom. The number of dihydropyridines is 1. The molecule has 16 heavy (non-hydrogen) atoms. The number of hydrogen-bond donors (Lipinski definition) is 1. The highest BCUT2D eigenvalue weighted by atomic mass is 79.9. The molecule has 84 valence electrons.